The first kappa shape index (κ1) is 75.9. The molecule has 0 saturated carbocycles. The smallest absolute Gasteiger partial charge is 0.0163 e. The highest BCUT2D eigenvalue weighted by Crippen LogP contribution is 2.44. The number of hydrogen-bond acceptors (Lipinski definition) is 0. The van der Waals surface area contributed by atoms with Gasteiger partial charge in [0.15, 0.2) is 0 Å². The van der Waals surface area contributed by atoms with Gasteiger partial charge < -0.3 is 0 Å². The summed E-state index contributed by atoms with van der Waals surface area (Å²) in [4.78, 5) is 0. The average molecular weight is 1180 g/mol. The van der Waals surface area contributed by atoms with E-state index in [4.69, 9.17) is 0 Å². The Morgan fingerprint density at radius 1 is 0.188 bits per heavy atom. The van der Waals surface area contributed by atoms with Gasteiger partial charge in [0, 0.05) is 0 Å². The SMILES string of the molecule is CCCCC/C=C/CCCCCCCCCC/C=C/CCCCCCCCCC/C=C/CCCCCCCCCC/C=C/CCCCCCCCCC/C=C/CCCCCCCCCCC=P(c1ccccc1)(c1ccccc1)c1ccccc1. The van der Waals surface area contributed by atoms with Crippen LogP contribution in [0.15, 0.2) is 152 Å². The zero-order valence-electron chi connectivity index (χ0n) is 56.1. The predicted molar refractivity (Wildman–Crippen MR) is 392 cm³/mol. The summed E-state index contributed by atoms with van der Waals surface area (Å²) in [5.74, 6) is 2.72. The maximum absolute atomic E-state index is 2.72. The summed E-state index contributed by atoms with van der Waals surface area (Å²) in [6, 6.07) is 33.9. The molecular weight excluding hydrogens is 1040 g/mol. The number of allylic oxidation sites excluding steroid dienone is 10. The van der Waals surface area contributed by atoms with Crippen LogP contribution in [-0.2, 0) is 0 Å². The molecule has 0 spiro atoms. The van der Waals surface area contributed by atoms with Gasteiger partial charge >= 0.3 is 0 Å². The van der Waals surface area contributed by atoms with E-state index < -0.39 is 6.89 Å². The Labute approximate surface area is 531 Å². The highest BCUT2D eigenvalue weighted by Gasteiger charge is 2.24. The molecular formula is C84H137P. The summed E-state index contributed by atoms with van der Waals surface area (Å²) in [7, 11) is 0. The molecule has 3 rings (SSSR count). The van der Waals surface area contributed by atoms with Crippen molar-refractivity contribution in [3.8, 4) is 0 Å². The van der Waals surface area contributed by atoms with Crippen LogP contribution in [-0.4, -0.2) is 5.80 Å². The van der Waals surface area contributed by atoms with Crippen LogP contribution < -0.4 is 15.9 Å². The maximum Gasteiger partial charge on any atom is -0.0163 e. The van der Waals surface area contributed by atoms with Crippen LogP contribution in [0.4, 0.5) is 0 Å². The Balaban J connectivity index is 0.940. The molecule has 0 bridgehead atoms. The Bertz CT molecular complexity index is 1910. The average Bonchev–Trinajstić information content (AvgIpc) is 3.10. The van der Waals surface area contributed by atoms with E-state index in [-0.39, 0.29) is 0 Å². The van der Waals surface area contributed by atoms with Gasteiger partial charge in [-0.15, -0.1) is 0 Å². The highest BCUT2D eigenvalue weighted by atomic mass is 31.2. The fourth-order valence-electron chi connectivity index (χ4n) is 12.5. The van der Waals surface area contributed by atoms with Crippen molar-refractivity contribution < 1.29 is 0 Å². The summed E-state index contributed by atoms with van der Waals surface area (Å²) >= 11 is 0. The van der Waals surface area contributed by atoms with Gasteiger partial charge in [0.05, 0.1) is 0 Å². The number of rotatable bonds is 62. The second-order valence-corrected chi connectivity index (χ2v) is 29.2. The highest BCUT2D eigenvalue weighted by molar-refractivity contribution is 7.94. The lowest BCUT2D eigenvalue weighted by Gasteiger charge is -2.29. The maximum atomic E-state index is 2.72. The van der Waals surface area contributed by atoms with Crippen molar-refractivity contribution in [2.45, 2.75) is 354 Å². The monoisotopic (exact) mass is 1180 g/mol. The van der Waals surface area contributed by atoms with Crippen molar-refractivity contribution in [3.63, 3.8) is 0 Å². The van der Waals surface area contributed by atoms with Crippen LogP contribution in [0.3, 0.4) is 0 Å². The molecule has 0 N–H and O–H groups in total. The standard InChI is InChI=1S/C84H137P/c1-2-3-4-5-6-7-8-9-10-11-12-13-14-15-16-17-18-19-20-21-22-23-24-25-26-27-28-29-30-31-32-33-34-35-36-37-38-39-40-41-42-43-44-45-46-47-48-49-50-51-52-53-54-55-56-57-58-59-60-61-62-63-64-74-81-85(82-75-68-65-69-76-82,83-77-70-66-71-78-83)84-79-72-67-73-80-84/h6-7,18-19,30-31,42-43,54-55,65-73,75-81H,2-5,8-17,20-29,32-41,44-53,56-64,74H2,1H3/b7-6+,19-18+,31-30+,43-42+,55-54+. The van der Waals surface area contributed by atoms with Gasteiger partial charge in [-0.05, 0) is 164 Å². The van der Waals surface area contributed by atoms with E-state index in [0.717, 1.165) is 0 Å². The minimum atomic E-state index is -1.80. The number of unbranched alkanes of at least 4 members (excludes halogenated alkanes) is 48. The molecule has 0 atom stereocenters. The van der Waals surface area contributed by atoms with Crippen LogP contribution in [0.5, 0.6) is 0 Å². The molecule has 0 saturated heterocycles. The third-order valence-electron chi connectivity index (χ3n) is 18.0. The lowest BCUT2D eigenvalue weighted by Crippen LogP contribution is -2.26. The molecule has 0 unspecified atom stereocenters. The van der Waals surface area contributed by atoms with E-state index in [1.807, 2.05) is 0 Å². The van der Waals surface area contributed by atoms with Crippen molar-refractivity contribution in [2.24, 2.45) is 0 Å². The van der Waals surface area contributed by atoms with Crippen LogP contribution in [0, 0.1) is 0 Å². The molecule has 0 aliphatic rings. The van der Waals surface area contributed by atoms with E-state index in [0.29, 0.717) is 0 Å². The zero-order valence-corrected chi connectivity index (χ0v) is 57.0. The molecule has 0 amide bonds. The van der Waals surface area contributed by atoms with Gasteiger partial charge in [-0.25, -0.2) is 0 Å². The number of benzene rings is 3. The molecule has 85 heavy (non-hydrogen) atoms. The second kappa shape index (κ2) is 60.9. The number of hydrogen-bond donors (Lipinski definition) is 0. The van der Waals surface area contributed by atoms with Crippen LogP contribution >= 0.6 is 6.89 Å². The van der Waals surface area contributed by atoms with Gasteiger partial charge in [0.2, 0.25) is 0 Å². The summed E-state index contributed by atoms with van der Waals surface area (Å²) in [6.45, 7) is 0.487. The Morgan fingerprint density at radius 3 is 0.518 bits per heavy atom. The van der Waals surface area contributed by atoms with Crippen molar-refractivity contribution >= 4 is 28.6 Å². The molecule has 3 aromatic carbocycles. The van der Waals surface area contributed by atoms with Crippen molar-refractivity contribution in [2.75, 3.05) is 0 Å². The molecule has 0 radical (unpaired) electrons. The predicted octanol–water partition coefficient (Wildman–Crippen LogP) is 27.6. The molecule has 0 nitrogen and oxygen atoms in total. The van der Waals surface area contributed by atoms with E-state index in [2.05, 4.69) is 164 Å². The molecule has 0 aromatic heterocycles. The lowest BCUT2D eigenvalue weighted by atomic mass is 10.0. The molecule has 0 aliphatic heterocycles. The minimum Gasteiger partial charge on any atom is -0.0885 e. The third kappa shape index (κ3) is 44.7. The van der Waals surface area contributed by atoms with Gasteiger partial charge in [-0.1, -0.05) is 370 Å². The molecule has 478 valence electrons. The quantitative estimate of drug-likeness (QED) is 0.0300. The summed E-state index contributed by atoms with van der Waals surface area (Å²) in [6.07, 6.45) is 99.3. The summed E-state index contributed by atoms with van der Waals surface area (Å²) in [5.41, 5.74) is 0. The normalized spacial score (nSPS) is 12.2. The Morgan fingerprint density at radius 2 is 0.341 bits per heavy atom. The third-order valence-corrected chi connectivity index (χ3v) is 22.1. The first-order chi connectivity index (χ1) is 42.4. The lowest BCUT2D eigenvalue weighted by molar-refractivity contribution is 0.567. The topological polar surface area (TPSA) is 0 Å². The molecule has 0 aliphatic carbocycles. The second-order valence-electron chi connectivity index (χ2n) is 25.8. The zero-order chi connectivity index (χ0) is 59.8. The van der Waals surface area contributed by atoms with Crippen LogP contribution in [0.1, 0.15) is 354 Å². The van der Waals surface area contributed by atoms with E-state index >= 15 is 0 Å². The first-order valence-corrected chi connectivity index (χ1v) is 39.4. The van der Waals surface area contributed by atoms with Gasteiger partial charge in [-0.3, -0.25) is 0 Å². The van der Waals surface area contributed by atoms with Gasteiger partial charge in [0.25, 0.3) is 0 Å². The van der Waals surface area contributed by atoms with Gasteiger partial charge in [0.1, 0.15) is 0 Å². The van der Waals surface area contributed by atoms with Gasteiger partial charge in [-0.2, -0.15) is 0 Å². The molecule has 0 heterocycles. The van der Waals surface area contributed by atoms with E-state index in [1.165, 1.54) is 363 Å². The van der Waals surface area contributed by atoms with Crippen molar-refractivity contribution in [1.82, 2.24) is 0 Å². The van der Waals surface area contributed by atoms with Crippen molar-refractivity contribution in [1.29, 1.82) is 0 Å². The van der Waals surface area contributed by atoms with E-state index in [1.54, 1.807) is 0 Å². The minimum absolute atomic E-state index is 1.18. The Kier molecular flexibility index (Phi) is 54.4. The summed E-state index contributed by atoms with van der Waals surface area (Å²) < 4.78 is 0. The molecule has 1 heteroatoms. The van der Waals surface area contributed by atoms with Crippen molar-refractivity contribution in [3.05, 3.63) is 152 Å². The van der Waals surface area contributed by atoms with Crippen LogP contribution in [0.2, 0.25) is 0 Å². The molecule has 0 fully saturated rings. The first-order valence-electron chi connectivity index (χ1n) is 37.5. The van der Waals surface area contributed by atoms with Crippen LogP contribution in [0.25, 0.3) is 0 Å². The largest absolute Gasteiger partial charge is 0.0885 e. The molecule has 3 aromatic rings. The Hall–Kier alpha value is -3.34. The summed E-state index contributed by atoms with van der Waals surface area (Å²) in [5, 5.41) is 4.40. The fraction of sp³-hybridized carbons (Fsp3) is 0.655. The van der Waals surface area contributed by atoms with E-state index in [9.17, 15) is 0 Å². The fourth-order valence-corrected chi connectivity index (χ4v) is 16.6.